The lowest BCUT2D eigenvalue weighted by molar-refractivity contribution is -0.141. The van der Waals surface area contributed by atoms with Crippen LogP contribution in [0, 0.1) is 18.2 Å². The minimum atomic E-state index is -4.71. The number of terminal acetylenes is 1. The topological polar surface area (TPSA) is 100 Å². The lowest BCUT2D eigenvalue weighted by Gasteiger charge is -2.16. The smallest absolute Gasteiger partial charge is 0.365 e. The van der Waals surface area contributed by atoms with Crippen molar-refractivity contribution >= 4 is 33.0 Å². The number of alkyl halides is 3. The molecule has 38 heavy (non-hydrogen) atoms. The average molecular weight is 547 g/mol. The number of anilines is 2. The lowest BCUT2D eigenvalue weighted by Crippen LogP contribution is -2.24. The summed E-state index contributed by atoms with van der Waals surface area (Å²) >= 11 is 0. The number of nitrogens with one attached hydrogen (secondary N) is 3. The summed E-state index contributed by atoms with van der Waals surface area (Å²) in [6.45, 7) is 3.60. The molecule has 3 aromatic rings. The Morgan fingerprint density at radius 3 is 2.37 bits per heavy atom. The Morgan fingerprint density at radius 1 is 1.08 bits per heavy atom. The number of amides is 1. The van der Waals surface area contributed by atoms with Gasteiger partial charge in [-0.2, -0.15) is 13.2 Å². The monoisotopic (exact) mass is 546 g/mol. The SMILES string of the molecule is C#Cc1cc(CNC(=O)C(=C)c2ccc(C(F)(F)F)nc2NCc2ccccc2)cc(F)c1NS(C)(=O)=O. The zero-order valence-electron chi connectivity index (χ0n) is 20.0. The van der Waals surface area contributed by atoms with Gasteiger partial charge in [-0.15, -0.1) is 6.42 Å². The molecule has 0 saturated heterocycles. The number of halogens is 4. The van der Waals surface area contributed by atoms with E-state index in [4.69, 9.17) is 6.42 Å². The van der Waals surface area contributed by atoms with Gasteiger partial charge in [-0.3, -0.25) is 9.52 Å². The molecule has 0 spiro atoms. The van der Waals surface area contributed by atoms with Gasteiger partial charge in [0.15, 0.2) is 0 Å². The van der Waals surface area contributed by atoms with Crippen molar-refractivity contribution in [1.82, 2.24) is 10.3 Å². The molecular formula is C26H22F4N4O3S. The predicted octanol–water partition coefficient (Wildman–Crippen LogP) is 4.53. The van der Waals surface area contributed by atoms with Gasteiger partial charge < -0.3 is 10.6 Å². The molecule has 1 amide bonds. The molecule has 0 saturated carbocycles. The molecule has 2 aromatic carbocycles. The van der Waals surface area contributed by atoms with Crippen LogP contribution in [0.25, 0.3) is 5.57 Å². The highest BCUT2D eigenvalue weighted by molar-refractivity contribution is 7.92. The lowest BCUT2D eigenvalue weighted by atomic mass is 10.1. The average Bonchev–Trinajstić information content (AvgIpc) is 2.86. The van der Waals surface area contributed by atoms with Crippen molar-refractivity contribution in [3.05, 3.63) is 94.9 Å². The van der Waals surface area contributed by atoms with Crippen molar-refractivity contribution in [3.8, 4) is 12.3 Å². The summed E-state index contributed by atoms with van der Waals surface area (Å²) in [7, 11) is -3.80. The van der Waals surface area contributed by atoms with Gasteiger partial charge in [-0.1, -0.05) is 42.8 Å². The van der Waals surface area contributed by atoms with E-state index in [-0.39, 0.29) is 41.2 Å². The first-order valence-corrected chi connectivity index (χ1v) is 12.8. The summed E-state index contributed by atoms with van der Waals surface area (Å²) in [4.78, 5) is 16.5. The van der Waals surface area contributed by atoms with Gasteiger partial charge in [0.2, 0.25) is 10.0 Å². The Kier molecular flexibility index (Phi) is 8.42. The number of hydrogen-bond acceptors (Lipinski definition) is 5. The summed E-state index contributed by atoms with van der Waals surface area (Å²) in [5, 5.41) is 5.32. The molecule has 0 atom stereocenters. The number of rotatable bonds is 9. The Morgan fingerprint density at radius 2 is 1.76 bits per heavy atom. The fraction of sp³-hybridized carbons (Fsp3) is 0.154. The van der Waals surface area contributed by atoms with Crippen LogP contribution < -0.4 is 15.4 Å². The number of sulfonamides is 1. The van der Waals surface area contributed by atoms with Crippen LogP contribution in [0.5, 0.6) is 0 Å². The van der Waals surface area contributed by atoms with Crippen molar-refractivity contribution < 1.29 is 30.8 Å². The number of aromatic nitrogens is 1. The molecule has 1 aromatic heterocycles. The third-order valence-electron chi connectivity index (χ3n) is 5.13. The molecule has 0 bridgehead atoms. The number of carbonyl (C=O) groups is 1. The third-order valence-corrected chi connectivity index (χ3v) is 5.71. The quantitative estimate of drug-likeness (QED) is 0.208. The van der Waals surface area contributed by atoms with Gasteiger partial charge in [0.05, 0.1) is 17.5 Å². The van der Waals surface area contributed by atoms with Gasteiger partial charge in [0.1, 0.15) is 17.3 Å². The second kappa shape index (κ2) is 11.4. The van der Waals surface area contributed by atoms with Gasteiger partial charge in [0.25, 0.3) is 5.91 Å². The van der Waals surface area contributed by atoms with E-state index >= 15 is 0 Å². The number of nitrogens with zero attached hydrogens (tertiary/aromatic N) is 1. The Hall–Kier alpha value is -4.37. The number of hydrogen-bond donors (Lipinski definition) is 3. The molecular weight excluding hydrogens is 524 g/mol. The predicted molar refractivity (Wildman–Crippen MR) is 137 cm³/mol. The van der Waals surface area contributed by atoms with Crippen LogP contribution in [0.3, 0.4) is 0 Å². The van der Waals surface area contributed by atoms with Crippen LogP contribution >= 0.6 is 0 Å². The first-order chi connectivity index (χ1) is 17.8. The maximum atomic E-state index is 14.5. The highest BCUT2D eigenvalue weighted by Gasteiger charge is 2.33. The van der Waals surface area contributed by atoms with Gasteiger partial charge >= 0.3 is 6.18 Å². The van der Waals surface area contributed by atoms with Crippen LogP contribution in [0.2, 0.25) is 0 Å². The molecule has 198 valence electrons. The number of pyridine rings is 1. The second-order valence-corrected chi connectivity index (χ2v) is 9.86. The largest absolute Gasteiger partial charge is 0.433 e. The Balaban J connectivity index is 1.81. The van der Waals surface area contributed by atoms with Crippen molar-refractivity contribution in [2.24, 2.45) is 0 Å². The van der Waals surface area contributed by atoms with E-state index in [9.17, 15) is 30.8 Å². The molecule has 1 heterocycles. The summed E-state index contributed by atoms with van der Waals surface area (Å²) in [5.41, 5.74) is -0.802. The number of carbonyl (C=O) groups excluding carboxylic acids is 1. The molecule has 0 unspecified atom stereocenters. The van der Waals surface area contributed by atoms with E-state index in [1.807, 2.05) is 4.72 Å². The van der Waals surface area contributed by atoms with Gasteiger partial charge in [0, 0.05) is 24.2 Å². The first-order valence-electron chi connectivity index (χ1n) is 10.9. The minimum absolute atomic E-state index is 0.0367. The van der Waals surface area contributed by atoms with Crippen LogP contribution in [-0.2, 0) is 34.1 Å². The molecule has 3 N–H and O–H groups in total. The summed E-state index contributed by atoms with van der Waals surface area (Å²) < 4.78 is 79.3. The van der Waals surface area contributed by atoms with Crippen LogP contribution in [0.1, 0.15) is 27.9 Å². The van der Waals surface area contributed by atoms with Gasteiger partial charge in [-0.05, 0) is 35.4 Å². The molecule has 7 nitrogen and oxygen atoms in total. The maximum absolute atomic E-state index is 14.5. The van der Waals surface area contributed by atoms with Crippen LogP contribution in [0.4, 0.5) is 29.1 Å². The van der Waals surface area contributed by atoms with Crippen LogP contribution in [0.15, 0.2) is 61.2 Å². The zero-order valence-corrected chi connectivity index (χ0v) is 20.8. The standard InChI is InChI=1S/C26H22F4N4O3S/c1-4-19-12-18(13-21(27)23(19)34-38(3,36)37)15-32-25(35)16(2)20-10-11-22(26(28,29)30)33-24(20)31-14-17-8-6-5-7-9-17/h1,5-13,34H,2,14-15H2,3H3,(H,31,33)(H,32,35). The van der Waals surface area contributed by atoms with Gasteiger partial charge in [-0.25, -0.2) is 17.8 Å². The van der Waals surface area contributed by atoms with E-state index in [1.54, 1.807) is 30.3 Å². The molecule has 3 rings (SSSR count). The molecule has 0 fully saturated rings. The van der Waals surface area contributed by atoms with E-state index in [0.717, 1.165) is 30.0 Å². The zero-order chi connectivity index (χ0) is 28.1. The minimum Gasteiger partial charge on any atom is -0.365 e. The van der Waals surface area contributed by atoms with Crippen molar-refractivity contribution in [3.63, 3.8) is 0 Å². The number of benzene rings is 2. The molecule has 12 heteroatoms. The second-order valence-electron chi connectivity index (χ2n) is 8.11. The fourth-order valence-electron chi connectivity index (χ4n) is 3.36. The molecule has 0 aliphatic carbocycles. The maximum Gasteiger partial charge on any atom is 0.433 e. The normalized spacial score (nSPS) is 11.4. The first kappa shape index (κ1) is 28.2. The van der Waals surface area contributed by atoms with Crippen molar-refractivity contribution in [1.29, 1.82) is 0 Å². The Bertz CT molecular complexity index is 1520. The summed E-state index contributed by atoms with van der Waals surface area (Å²) in [6.07, 6.45) is 1.50. The third kappa shape index (κ3) is 7.33. The summed E-state index contributed by atoms with van der Waals surface area (Å²) in [6, 6.07) is 13.0. The highest BCUT2D eigenvalue weighted by Crippen LogP contribution is 2.31. The highest BCUT2D eigenvalue weighted by atomic mass is 32.2. The van der Waals surface area contributed by atoms with Crippen molar-refractivity contribution in [2.75, 3.05) is 16.3 Å². The van der Waals surface area contributed by atoms with E-state index in [1.165, 1.54) is 6.07 Å². The molecule has 0 aliphatic rings. The van der Waals surface area contributed by atoms with E-state index in [2.05, 4.69) is 28.1 Å². The van der Waals surface area contributed by atoms with Crippen molar-refractivity contribution in [2.45, 2.75) is 19.3 Å². The molecule has 0 aliphatic heterocycles. The van der Waals surface area contributed by atoms with E-state index in [0.29, 0.717) is 0 Å². The van der Waals surface area contributed by atoms with Crippen LogP contribution in [-0.4, -0.2) is 25.6 Å². The van der Waals surface area contributed by atoms with E-state index < -0.39 is 39.3 Å². The summed E-state index contributed by atoms with van der Waals surface area (Å²) in [5.74, 6) is 0.284. The Labute approximate surface area is 217 Å². The fourth-order valence-corrected chi connectivity index (χ4v) is 3.93. The molecule has 0 radical (unpaired) electrons.